The number of nitrogens with two attached hydrogens (primary N) is 1. The molecule has 0 bridgehead atoms. The van der Waals surface area contributed by atoms with E-state index < -0.39 is 11.4 Å². The van der Waals surface area contributed by atoms with Gasteiger partial charge in [0, 0.05) is 6.07 Å². The molecule has 5 heteroatoms. The summed E-state index contributed by atoms with van der Waals surface area (Å²) in [6, 6.07) is 2.83. The number of hydrogen-bond acceptors (Lipinski definition) is 3. The SMILES string of the molecule is CCC(C)(CO)Nc1cc(Br)c(F)cc1N. The number of aliphatic hydroxyl groups excluding tert-OH is 1. The van der Waals surface area contributed by atoms with Crippen LogP contribution in [0.1, 0.15) is 20.3 Å². The smallest absolute Gasteiger partial charge is 0.139 e. The second kappa shape index (κ2) is 5.01. The van der Waals surface area contributed by atoms with Crippen molar-refractivity contribution in [3.05, 3.63) is 22.4 Å². The van der Waals surface area contributed by atoms with E-state index in [4.69, 9.17) is 5.73 Å². The summed E-state index contributed by atoms with van der Waals surface area (Å²) in [6.45, 7) is 3.82. The monoisotopic (exact) mass is 290 g/mol. The Morgan fingerprint density at radius 3 is 2.69 bits per heavy atom. The predicted octanol–water partition coefficient (Wildman–Crippen LogP) is 2.74. The first kappa shape index (κ1) is 13.3. The molecular formula is C11H16BrFN2O. The summed E-state index contributed by atoms with van der Waals surface area (Å²) in [5, 5.41) is 12.4. The van der Waals surface area contributed by atoms with Crippen molar-refractivity contribution in [1.82, 2.24) is 0 Å². The molecule has 3 nitrogen and oxygen atoms in total. The number of aliphatic hydroxyl groups is 1. The summed E-state index contributed by atoms with van der Waals surface area (Å²) in [7, 11) is 0. The molecule has 90 valence electrons. The van der Waals surface area contributed by atoms with Gasteiger partial charge in [-0.3, -0.25) is 0 Å². The molecule has 1 rings (SSSR count). The van der Waals surface area contributed by atoms with Crippen molar-refractivity contribution < 1.29 is 9.50 Å². The molecule has 0 heterocycles. The highest BCUT2D eigenvalue weighted by Gasteiger charge is 2.21. The minimum atomic E-state index is -0.453. The van der Waals surface area contributed by atoms with Crippen LogP contribution >= 0.6 is 15.9 Å². The minimum Gasteiger partial charge on any atom is -0.397 e. The number of halogens is 2. The molecule has 0 aliphatic rings. The Morgan fingerprint density at radius 1 is 1.56 bits per heavy atom. The normalized spacial score (nSPS) is 14.6. The van der Waals surface area contributed by atoms with Gasteiger partial charge < -0.3 is 16.2 Å². The van der Waals surface area contributed by atoms with E-state index in [2.05, 4.69) is 21.2 Å². The maximum atomic E-state index is 13.2. The second-order valence-corrected chi connectivity index (χ2v) is 4.91. The molecule has 1 unspecified atom stereocenters. The van der Waals surface area contributed by atoms with Gasteiger partial charge in [0.15, 0.2) is 0 Å². The fraction of sp³-hybridized carbons (Fsp3) is 0.455. The van der Waals surface area contributed by atoms with Crippen LogP contribution in [0.25, 0.3) is 0 Å². The molecule has 16 heavy (non-hydrogen) atoms. The molecule has 1 aromatic rings. The first-order chi connectivity index (χ1) is 7.41. The van der Waals surface area contributed by atoms with Crippen molar-refractivity contribution in [3.8, 4) is 0 Å². The van der Waals surface area contributed by atoms with Crippen molar-refractivity contribution in [3.63, 3.8) is 0 Å². The molecule has 0 saturated heterocycles. The maximum absolute atomic E-state index is 13.2. The first-order valence-electron chi connectivity index (χ1n) is 5.05. The quantitative estimate of drug-likeness (QED) is 0.748. The van der Waals surface area contributed by atoms with E-state index in [9.17, 15) is 9.50 Å². The van der Waals surface area contributed by atoms with Gasteiger partial charge in [0.1, 0.15) is 5.82 Å². The van der Waals surface area contributed by atoms with Gasteiger partial charge in [-0.1, -0.05) is 6.92 Å². The first-order valence-corrected chi connectivity index (χ1v) is 5.84. The van der Waals surface area contributed by atoms with Gasteiger partial charge in [0.05, 0.1) is 28.0 Å². The lowest BCUT2D eigenvalue weighted by atomic mass is 9.99. The fourth-order valence-corrected chi connectivity index (χ4v) is 1.58. The third-order valence-corrected chi connectivity index (χ3v) is 3.27. The van der Waals surface area contributed by atoms with Gasteiger partial charge in [0.2, 0.25) is 0 Å². The number of benzene rings is 1. The second-order valence-electron chi connectivity index (χ2n) is 4.05. The Balaban J connectivity index is 3.01. The van der Waals surface area contributed by atoms with Gasteiger partial charge >= 0.3 is 0 Å². The fourth-order valence-electron chi connectivity index (χ4n) is 1.24. The molecule has 0 fully saturated rings. The van der Waals surface area contributed by atoms with E-state index in [1.165, 1.54) is 6.07 Å². The average molecular weight is 291 g/mol. The molecule has 0 spiro atoms. The number of rotatable bonds is 4. The average Bonchev–Trinajstić information content (AvgIpc) is 2.25. The molecule has 0 aromatic heterocycles. The Morgan fingerprint density at radius 2 is 2.19 bits per heavy atom. The van der Waals surface area contributed by atoms with Crippen LogP contribution in [0.5, 0.6) is 0 Å². The topological polar surface area (TPSA) is 58.3 Å². The van der Waals surface area contributed by atoms with Crippen LogP contribution in [0.2, 0.25) is 0 Å². The Bertz CT molecular complexity index is 380. The lowest BCUT2D eigenvalue weighted by Gasteiger charge is -2.29. The van der Waals surface area contributed by atoms with Crippen molar-refractivity contribution in [1.29, 1.82) is 0 Å². The molecule has 1 atom stereocenters. The van der Waals surface area contributed by atoms with Crippen LogP contribution in [0.3, 0.4) is 0 Å². The van der Waals surface area contributed by atoms with Crippen LogP contribution in [0, 0.1) is 5.82 Å². The zero-order chi connectivity index (χ0) is 12.3. The number of anilines is 2. The van der Waals surface area contributed by atoms with E-state index >= 15 is 0 Å². The lowest BCUT2D eigenvalue weighted by Crippen LogP contribution is -2.38. The molecule has 0 amide bonds. The Hall–Kier alpha value is -0.810. The summed E-state index contributed by atoms with van der Waals surface area (Å²) in [4.78, 5) is 0. The zero-order valence-electron chi connectivity index (χ0n) is 9.35. The van der Waals surface area contributed by atoms with Gasteiger partial charge in [-0.15, -0.1) is 0 Å². The molecule has 0 saturated carbocycles. The van der Waals surface area contributed by atoms with Gasteiger partial charge in [-0.25, -0.2) is 4.39 Å². The van der Waals surface area contributed by atoms with Crippen LogP contribution in [-0.2, 0) is 0 Å². The lowest BCUT2D eigenvalue weighted by molar-refractivity contribution is 0.219. The van der Waals surface area contributed by atoms with E-state index in [0.29, 0.717) is 15.8 Å². The summed E-state index contributed by atoms with van der Waals surface area (Å²) >= 11 is 3.10. The largest absolute Gasteiger partial charge is 0.397 e. The van der Waals surface area contributed by atoms with Crippen LogP contribution in [0.4, 0.5) is 15.8 Å². The van der Waals surface area contributed by atoms with E-state index in [-0.39, 0.29) is 6.61 Å². The van der Waals surface area contributed by atoms with Crippen molar-refractivity contribution in [2.75, 3.05) is 17.7 Å². The van der Waals surface area contributed by atoms with E-state index in [1.54, 1.807) is 6.07 Å². The van der Waals surface area contributed by atoms with E-state index in [0.717, 1.165) is 6.42 Å². The summed E-state index contributed by atoms with van der Waals surface area (Å²) in [5.41, 5.74) is 6.19. The van der Waals surface area contributed by atoms with Crippen LogP contribution < -0.4 is 11.1 Å². The minimum absolute atomic E-state index is 0.0159. The van der Waals surface area contributed by atoms with Crippen molar-refractivity contribution >= 4 is 27.3 Å². The highest BCUT2D eigenvalue weighted by atomic mass is 79.9. The molecule has 1 aromatic carbocycles. The maximum Gasteiger partial charge on any atom is 0.139 e. The van der Waals surface area contributed by atoms with Gasteiger partial charge in [-0.05, 0) is 35.3 Å². The summed E-state index contributed by atoms with van der Waals surface area (Å²) in [6.07, 6.45) is 0.734. The zero-order valence-corrected chi connectivity index (χ0v) is 10.9. The molecular weight excluding hydrogens is 275 g/mol. The Kier molecular flexibility index (Phi) is 4.15. The third-order valence-electron chi connectivity index (χ3n) is 2.66. The third kappa shape index (κ3) is 2.86. The highest BCUT2D eigenvalue weighted by molar-refractivity contribution is 9.10. The van der Waals surface area contributed by atoms with E-state index in [1.807, 2.05) is 13.8 Å². The van der Waals surface area contributed by atoms with Gasteiger partial charge in [0.25, 0.3) is 0 Å². The summed E-state index contributed by atoms with van der Waals surface area (Å²) in [5.74, 6) is -0.398. The molecule has 0 radical (unpaired) electrons. The molecule has 4 N–H and O–H groups in total. The number of hydrogen-bond donors (Lipinski definition) is 3. The van der Waals surface area contributed by atoms with Crippen LogP contribution in [0.15, 0.2) is 16.6 Å². The van der Waals surface area contributed by atoms with Crippen LogP contribution in [-0.4, -0.2) is 17.3 Å². The summed E-state index contributed by atoms with van der Waals surface area (Å²) < 4.78 is 13.5. The standard InChI is InChI=1S/C11H16BrFN2O/c1-3-11(2,6-16)15-10-4-7(12)8(13)5-9(10)14/h4-5,15-16H,3,6,14H2,1-2H3. The Labute approximate surface area is 103 Å². The van der Waals surface area contributed by atoms with Crippen molar-refractivity contribution in [2.24, 2.45) is 0 Å². The van der Waals surface area contributed by atoms with Gasteiger partial charge in [-0.2, -0.15) is 0 Å². The number of nitrogens with one attached hydrogen (secondary N) is 1. The van der Waals surface area contributed by atoms with Crippen molar-refractivity contribution in [2.45, 2.75) is 25.8 Å². The highest BCUT2D eigenvalue weighted by Crippen LogP contribution is 2.29. The predicted molar refractivity (Wildman–Crippen MR) is 67.9 cm³/mol. The molecule has 0 aliphatic carbocycles. The molecule has 0 aliphatic heterocycles. The number of nitrogen functional groups attached to an aromatic ring is 1.